The molecule has 0 aliphatic rings. The highest BCUT2D eigenvalue weighted by atomic mass is 16.2. The molecule has 0 fully saturated rings. The van der Waals surface area contributed by atoms with Crippen LogP contribution in [0.4, 0.5) is 5.69 Å². The van der Waals surface area contributed by atoms with Crippen molar-refractivity contribution in [3.05, 3.63) is 29.8 Å². The molecule has 5 heteroatoms. The number of rotatable bonds is 3. The van der Waals surface area contributed by atoms with Gasteiger partial charge in [0.25, 0.3) is 0 Å². The number of benzene rings is 1. The zero-order chi connectivity index (χ0) is 13.9. The lowest BCUT2D eigenvalue weighted by Gasteiger charge is -2.25. The van der Waals surface area contributed by atoms with Crippen molar-refractivity contribution in [1.29, 1.82) is 0 Å². The second-order valence-electron chi connectivity index (χ2n) is 5.28. The normalized spacial score (nSPS) is 12.9. The molecule has 5 N–H and O–H groups in total. The summed E-state index contributed by atoms with van der Waals surface area (Å²) in [5.74, 6) is -0.824. The molecule has 5 nitrogen and oxygen atoms in total. The fourth-order valence-corrected chi connectivity index (χ4v) is 1.36. The Morgan fingerprint density at radius 3 is 2.39 bits per heavy atom. The van der Waals surface area contributed by atoms with Gasteiger partial charge < -0.3 is 16.8 Å². The second-order valence-corrected chi connectivity index (χ2v) is 5.28. The van der Waals surface area contributed by atoms with Crippen LogP contribution in [0.5, 0.6) is 0 Å². The third-order valence-electron chi connectivity index (χ3n) is 2.63. The summed E-state index contributed by atoms with van der Waals surface area (Å²) in [5, 5.41) is 2.67. The number of carbonyl (C=O) groups excluding carboxylic acids is 2. The Hall–Kier alpha value is -1.88. The fourth-order valence-electron chi connectivity index (χ4n) is 1.36. The van der Waals surface area contributed by atoms with E-state index in [2.05, 4.69) is 5.32 Å². The Balaban J connectivity index is 2.82. The van der Waals surface area contributed by atoms with Gasteiger partial charge in [0.15, 0.2) is 0 Å². The van der Waals surface area contributed by atoms with Crippen molar-refractivity contribution in [2.45, 2.75) is 26.8 Å². The van der Waals surface area contributed by atoms with Crippen LogP contribution in [-0.2, 0) is 4.79 Å². The van der Waals surface area contributed by atoms with Crippen LogP contribution >= 0.6 is 0 Å². The molecule has 1 atom stereocenters. The lowest BCUT2D eigenvalue weighted by Crippen LogP contribution is -2.45. The van der Waals surface area contributed by atoms with Crippen molar-refractivity contribution in [3.8, 4) is 0 Å². The molecule has 0 radical (unpaired) electrons. The number of nitrogens with one attached hydrogen (secondary N) is 1. The summed E-state index contributed by atoms with van der Waals surface area (Å²) in [5.41, 5.74) is 11.5. The van der Waals surface area contributed by atoms with Gasteiger partial charge in [-0.15, -0.1) is 0 Å². The van der Waals surface area contributed by atoms with E-state index in [-0.39, 0.29) is 11.3 Å². The van der Waals surface area contributed by atoms with Crippen LogP contribution in [-0.4, -0.2) is 17.9 Å². The van der Waals surface area contributed by atoms with Crippen LogP contribution in [0.2, 0.25) is 0 Å². The van der Waals surface area contributed by atoms with Crippen LogP contribution in [0.15, 0.2) is 24.3 Å². The Morgan fingerprint density at radius 1 is 1.28 bits per heavy atom. The fraction of sp³-hybridized carbons (Fsp3) is 0.385. The maximum atomic E-state index is 11.9. The number of hydrogen-bond donors (Lipinski definition) is 3. The van der Waals surface area contributed by atoms with Crippen LogP contribution in [0.1, 0.15) is 31.1 Å². The number of primary amides is 1. The third kappa shape index (κ3) is 3.56. The van der Waals surface area contributed by atoms with Crippen molar-refractivity contribution in [2.24, 2.45) is 16.9 Å². The summed E-state index contributed by atoms with van der Waals surface area (Å²) in [7, 11) is 0. The van der Waals surface area contributed by atoms with Crippen molar-refractivity contribution in [2.75, 3.05) is 5.32 Å². The average Bonchev–Trinajstić information content (AvgIpc) is 2.27. The Bertz CT molecular complexity index is 464. The summed E-state index contributed by atoms with van der Waals surface area (Å²) in [6.07, 6.45) is 0. The summed E-state index contributed by atoms with van der Waals surface area (Å²) in [4.78, 5) is 22.9. The first-order chi connectivity index (χ1) is 8.21. The first-order valence-corrected chi connectivity index (χ1v) is 5.68. The van der Waals surface area contributed by atoms with E-state index in [4.69, 9.17) is 11.5 Å². The number of amides is 2. The predicted molar refractivity (Wildman–Crippen MR) is 71.0 cm³/mol. The van der Waals surface area contributed by atoms with Gasteiger partial charge in [0, 0.05) is 11.3 Å². The summed E-state index contributed by atoms with van der Waals surface area (Å²) >= 11 is 0. The van der Waals surface area contributed by atoms with Crippen LogP contribution in [0.25, 0.3) is 0 Å². The van der Waals surface area contributed by atoms with Crippen molar-refractivity contribution < 1.29 is 9.59 Å². The van der Waals surface area contributed by atoms with E-state index < -0.39 is 11.9 Å². The zero-order valence-electron chi connectivity index (χ0n) is 10.9. The maximum Gasteiger partial charge on any atom is 0.248 e. The van der Waals surface area contributed by atoms with E-state index in [0.717, 1.165) is 0 Å². The maximum absolute atomic E-state index is 11.9. The van der Waals surface area contributed by atoms with Crippen LogP contribution in [0.3, 0.4) is 0 Å². The Morgan fingerprint density at radius 2 is 1.89 bits per heavy atom. The van der Waals surface area contributed by atoms with E-state index >= 15 is 0 Å². The highest BCUT2D eigenvalue weighted by Crippen LogP contribution is 2.19. The molecule has 1 unspecified atom stereocenters. The van der Waals surface area contributed by atoms with Gasteiger partial charge in [-0.25, -0.2) is 0 Å². The summed E-state index contributed by atoms with van der Waals surface area (Å²) < 4.78 is 0. The van der Waals surface area contributed by atoms with E-state index in [1.54, 1.807) is 18.2 Å². The van der Waals surface area contributed by atoms with Gasteiger partial charge in [-0.05, 0) is 23.6 Å². The molecule has 18 heavy (non-hydrogen) atoms. The molecule has 98 valence electrons. The van der Waals surface area contributed by atoms with Gasteiger partial charge in [-0.2, -0.15) is 0 Å². The minimum absolute atomic E-state index is 0.288. The minimum Gasteiger partial charge on any atom is -0.366 e. The van der Waals surface area contributed by atoms with Gasteiger partial charge in [-0.3, -0.25) is 9.59 Å². The zero-order valence-corrected chi connectivity index (χ0v) is 10.9. The van der Waals surface area contributed by atoms with E-state index in [9.17, 15) is 9.59 Å². The lowest BCUT2D eigenvalue weighted by atomic mass is 9.87. The smallest absolute Gasteiger partial charge is 0.248 e. The SMILES string of the molecule is CC(C)(C)C(N)C(=O)Nc1cccc(C(N)=O)c1. The largest absolute Gasteiger partial charge is 0.366 e. The van der Waals surface area contributed by atoms with Crippen molar-refractivity contribution in [1.82, 2.24) is 0 Å². The van der Waals surface area contributed by atoms with Gasteiger partial charge in [0.2, 0.25) is 11.8 Å². The van der Waals surface area contributed by atoms with Gasteiger partial charge in [0.05, 0.1) is 6.04 Å². The summed E-state index contributed by atoms with van der Waals surface area (Å²) in [6.45, 7) is 5.66. The molecule has 0 saturated carbocycles. The molecule has 0 heterocycles. The molecule has 0 aromatic heterocycles. The van der Waals surface area contributed by atoms with Crippen molar-refractivity contribution >= 4 is 17.5 Å². The monoisotopic (exact) mass is 249 g/mol. The quantitative estimate of drug-likeness (QED) is 0.748. The molecular weight excluding hydrogens is 230 g/mol. The van der Waals surface area contributed by atoms with E-state index in [0.29, 0.717) is 11.3 Å². The highest BCUT2D eigenvalue weighted by Gasteiger charge is 2.27. The minimum atomic E-state index is -0.630. The molecule has 0 saturated heterocycles. The Labute approximate surface area is 107 Å². The van der Waals surface area contributed by atoms with Gasteiger partial charge >= 0.3 is 0 Å². The molecule has 1 aromatic rings. The standard InChI is InChI=1S/C13H19N3O2/c1-13(2,3)10(14)12(18)16-9-6-4-5-8(7-9)11(15)17/h4-7,10H,14H2,1-3H3,(H2,15,17)(H,16,18). The number of hydrogen-bond acceptors (Lipinski definition) is 3. The topological polar surface area (TPSA) is 98.2 Å². The van der Waals surface area contributed by atoms with Crippen molar-refractivity contribution in [3.63, 3.8) is 0 Å². The van der Waals surface area contributed by atoms with Gasteiger partial charge in [-0.1, -0.05) is 26.8 Å². The first kappa shape index (κ1) is 14.2. The molecule has 2 amide bonds. The molecule has 1 aromatic carbocycles. The molecule has 1 rings (SSSR count). The predicted octanol–water partition coefficient (Wildman–Crippen LogP) is 1.10. The summed E-state index contributed by atoms with van der Waals surface area (Å²) in [6, 6.07) is 5.81. The average molecular weight is 249 g/mol. The molecule has 0 spiro atoms. The van der Waals surface area contributed by atoms with E-state index in [1.165, 1.54) is 6.07 Å². The molecule has 0 aliphatic heterocycles. The van der Waals surface area contributed by atoms with Gasteiger partial charge in [0.1, 0.15) is 0 Å². The van der Waals surface area contributed by atoms with E-state index in [1.807, 2.05) is 20.8 Å². The number of anilines is 1. The first-order valence-electron chi connectivity index (χ1n) is 5.68. The Kier molecular flexibility index (Phi) is 4.08. The highest BCUT2D eigenvalue weighted by molar-refractivity contribution is 5.98. The third-order valence-corrected chi connectivity index (χ3v) is 2.63. The second kappa shape index (κ2) is 5.18. The van der Waals surface area contributed by atoms with Crippen LogP contribution < -0.4 is 16.8 Å². The number of carbonyl (C=O) groups is 2. The molecular formula is C13H19N3O2. The lowest BCUT2D eigenvalue weighted by molar-refractivity contribution is -0.119. The molecule has 0 aliphatic carbocycles. The number of nitrogens with two attached hydrogens (primary N) is 2. The molecule has 0 bridgehead atoms. The van der Waals surface area contributed by atoms with Crippen LogP contribution in [0, 0.1) is 5.41 Å².